The first-order valence-electron chi connectivity index (χ1n) is 20.2. The van der Waals surface area contributed by atoms with Gasteiger partial charge in [-0.25, -0.2) is 15.0 Å². The van der Waals surface area contributed by atoms with Gasteiger partial charge < -0.3 is 9.13 Å². The van der Waals surface area contributed by atoms with E-state index in [0.29, 0.717) is 17.5 Å². The van der Waals surface area contributed by atoms with E-state index < -0.39 is 0 Å². The standard InChI is InChI=1S/C54H37N5/c1-54(2)44-24-12-9-20-38(44)39-30-28-35(32-45(39)54)52-55-51(34-16-5-3-6-17-34)56-53(57-52)36-29-31-42-40-21-10-14-26-47(40)59(49(42)33-36)48-27-15-23-43-41-22-11-13-25-46(41)58(50(43)48)37-18-7-4-8-19-37/h3-33H,1-2H3. The topological polar surface area (TPSA) is 48.5 Å². The highest BCUT2D eigenvalue weighted by Crippen LogP contribution is 2.49. The third kappa shape index (κ3) is 5.01. The van der Waals surface area contributed by atoms with Gasteiger partial charge in [0.05, 0.1) is 27.8 Å². The van der Waals surface area contributed by atoms with E-state index >= 15 is 0 Å². The van der Waals surface area contributed by atoms with E-state index in [-0.39, 0.29) is 5.41 Å². The fourth-order valence-electron chi connectivity index (χ4n) is 9.59. The van der Waals surface area contributed by atoms with E-state index in [1.165, 1.54) is 49.3 Å². The lowest BCUT2D eigenvalue weighted by Crippen LogP contribution is -2.15. The van der Waals surface area contributed by atoms with E-state index in [1.807, 2.05) is 18.2 Å². The second kappa shape index (κ2) is 12.7. The maximum atomic E-state index is 5.28. The summed E-state index contributed by atoms with van der Waals surface area (Å²) in [5, 5.41) is 4.79. The molecule has 1 aliphatic rings. The second-order valence-corrected chi connectivity index (χ2v) is 16.0. The SMILES string of the molecule is CC1(C)c2ccccc2-c2ccc(-c3nc(-c4ccccc4)nc(-c4ccc5c6ccccc6n(-c6cccc7c8ccccc8n(-c8ccccc8)c67)c5c4)n3)cc21. The number of fused-ring (bicyclic) bond motifs is 9. The molecule has 12 rings (SSSR count). The minimum absolute atomic E-state index is 0.145. The fraction of sp³-hybridized carbons (Fsp3) is 0.0556. The number of rotatable bonds is 5. The normalized spacial score (nSPS) is 13.1. The maximum Gasteiger partial charge on any atom is 0.164 e. The van der Waals surface area contributed by atoms with Gasteiger partial charge in [0.1, 0.15) is 0 Å². The maximum absolute atomic E-state index is 5.28. The number of hydrogen-bond acceptors (Lipinski definition) is 3. The van der Waals surface area contributed by atoms with Crippen LogP contribution in [0.2, 0.25) is 0 Å². The zero-order valence-electron chi connectivity index (χ0n) is 32.6. The van der Waals surface area contributed by atoms with Gasteiger partial charge in [0.25, 0.3) is 0 Å². The Morgan fingerprint density at radius 3 is 1.68 bits per heavy atom. The molecule has 11 aromatic rings. The molecule has 0 fully saturated rings. The molecule has 8 aromatic carbocycles. The molecular formula is C54H37N5. The van der Waals surface area contributed by atoms with Crippen molar-refractivity contribution in [3.8, 4) is 56.7 Å². The Kier molecular flexibility index (Phi) is 7.20. The summed E-state index contributed by atoms with van der Waals surface area (Å²) >= 11 is 0. The average molecular weight is 756 g/mol. The summed E-state index contributed by atoms with van der Waals surface area (Å²) in [6.07, 6.45) is 0. The van der Waals surface area contributed by atoms with Gasteiger partial charge in [0.2, 0.25) is 0 Å². The summed E-state index contributed by atoms with van der Waals surface area (Å²) in [4.78, 5) is 15.6. The van der Waals surface area contributed by atoms with E-state index in [1.54, 1.807) is 0 Å². The lowest BCUT2D eigenvalue weighted by Gasteiger charge is -2.21. The van der Waals surface area contributed by atoms with Crippen molar-refractivity contribution in [2.45, 2.75) is 19.3 Å². The van der Waals surface area contributed by atoms with E-state index in [2.05, 4.69) is 193 Å². The predicted molar refractivity (Wildman–Crippen MR) is 242 cm³/mol. The first kappa shape index (κ1) is 33.5. The Hall–Kier alpha value is -7.63. The van der Waals surface area contributed by atoms with Crippen LogP contribution < -0.4 is 0 Å². The minimum atomic E-state index is -0.145. The van der Waals surface area contributed by atoms with Crippen LogP contribution in [-0.4, -0.2) is 24.1 Å². The smallest absolute Gasteiger partial charge is 0.164 e. The number of aromatic nitrogens is 5. The Balaban J connectivity index is 1.10. The molecule has 278 valence electrons. The van der Waals surface area contributed by atoms with Gasteiger partial charge in [0.15, 0.2) is 17.5 Å². The minimum Gasteiger partial charge on any atom is -0.307 e. The lowest BCUT2D eigenvalue weighted by molar-refractivity contribution is 0.660. The summed E-state index contributed by atoms with van der Waals surface area (Å²) in [7, 11) is 0. The van der Waals surface area contributed by atoms with Crippen LogP contribution in [0.3, 0.4) is 0 Å². The summed E-state index contributed by atoms with van der Waals surface area (Å²) in [6, 6.07) is 67.1. The molecule has 59 heavy (non-hydrogen) atoms. The average Bonchev–Trinajstić information content (AvgIpc) is 3.89. The number of nitrogens with zero attached hydrogens (tertiary/aromatic N) is 5. The zero-order chi connectivity index (χ0) is 39.2. The molecule has 0 N–H and O–H groups in total. The second-order valence-electron chi connectivity index (χ2n) is 16.0. The summed E-state index contributed by atoms with van der Waals surface area (Å²) in [5.74, 6) is 1.93. The molecule has 0 saturated carbocycles. The van der Waals surface area contributed by atoms with E-state index in [4.69, 9.17) is 15.0 Å². The molecule has 0 spiro atoms. The van der Waals surface area contributed by atoms with Crippen LogP contribution >= 0.6 is 0 Å². The monoisotopic (exact) mass is 755 g/mol. The van der Waals surface area contributed by atoms with Crippen molar-refractivity contribution < 1.29 is 0 Å². The fourth-order valence-corrected chi connectivity index (χ4v) is 9.59. The molecule has 0 atom stereocenters. The van der Waals surface area contributed by atoms with Gasteiger partial charge in [0, 0.05) is 49.3 Å². The summed E-state index contributed by atoms with van der Waals surface area (Å²) < 4.78 is 4.83. The molecular weight excluding hydrogens is 719 g/mol. The molecule has 0 bridgehead atoms. The lowest BCUT2D eigenvalue weighted by atomic mass is 9.82. The van der Waals surface area contributed by atoms with Crippen LogP contribution in [0.1, 0.15) is 25.0 Å². The van der Waals surface area contributed by atoms with Crippen molar-refractivity contribution in [3.63, 3.8) is 0 Å². The molecule has 5 heteroatoms. The van der Waals surface area contributed by atoms with Gasteiger partial charge in [-0.2, -0.15) is 0 Å². The van der Waals surface area contributed by atoms with Crippen LogP contribution in [0, 0.1) is 0 Å². The predicted octanol–water partition coefficient (Wildman–Crippen LogP) is 13.4. The first-order valence-corrected chi connectivity index (χ1v) is 20.2. The Bertz CT molecular complexity index is 3470. The van der Waals surface area contributed by atoms with Crippen molar-refractivity contribution in [1.29, 1.82) is 0 Å². The van der Waals surface area contributed by atoms with E-state index in [0.717, 1.165) is 44.6 Å². The van der Waals surface area contributed by atoms with Crippen LogP contribution in [0.4, 0.5) is 0 Å². The number of para-hydroxylation sites is 4. The number of hydrogen-bond donors (Lipinski definition) is 0. The quantitative estimate of drug-likeness (QED) is 0.176. The third-order valence-corrected chi connectivity index (χ3v) is 12.4. The molecule has 3 aromatic heterocycles. The van der Waals surface area contributed by atoms with Gasteiger partial charge >= 0.3 is 0 Å². The van der Waals surface area contributed by atoms with Crippen LogP contribution in [-0.2, 0) is 5.41 Å². The van der Waals surface area contributed by atoms with Crippen molar-refractivity contribution in [2.75, 3.05) is 0 Å². The highest BCUT2D eigenvalue weighted by Gasteiger charge is 2.35. The highest BCUT2D eigenvalue weighted by molar-refractivity contribution is 6.15. The molecule has 0 radical (unpaired) electrons. The van der Waals surface area contributed by atoms with Crippen molar-refractivity contribution in [3.05, 3.63) is 199 Å². The van der Waals surface area contributed by atoms with Gasteiger partial charge in [-0.1, -0.05) is 159 Å². The molecule has 1 aliphatic carbocycles. The van der Waals surface area contributed by atoms with Gasteiger partial charge in [-0.15, -0.1) is 0 Å². The summed E-state index contributed by atoms with van der Waals surface area (Å²) in [5.41, 5.74) is 14.7. The molecule has 3 heterocycles. The zero-order valence-corrected chi connectivity index (χ0v) is 32.6. The van der Waals surface area contributed by atoms with Crippen LogP contribution in [0.25, 0.3) is 100 Å². The molecule has 5 nitrogen and oxygen atoms in total. The van der Waals surface area contributed by atoms with Crippen LogP contribution in [0.5, 0.6) is 0 Å². The highest BCUT2D eigenvalue weighted by atomic mass is 15.1. The Labute approximate surface area is 341 Å². The van der Waals surface area contributed by atoms with Gasteiger partial charge in [-0.05, 0) is 64.7 Å². The van der Waals surface area contributed by atoms with Crippen LogP contribution in [0.15, 0.2) is 188 Å². The molecule has 0 amide bonds. The first-order chi connectivity index (χ1) is 29.0. The Morgan fingerprint density at radius 1 is 0.373 bits per heavy atom. The number of benzene rings is 8. The molecule has 0 unspecified atom stereocenters. The van der Waals surface area contributed by atoms with Gasteiger partial charge in [-0.3, -0.25) is 0 Å². The van der Waals surface area contributed by atoms with Crippen molar-refractivity contribution >= 4 is 43.6 Å². The van der Waals surface area contributed by atoms with E-state index in [9.17, 15) is 0 Å². The van der Waals surface area contributed by atoms with Crippen molar-refractivity contribution in [2.24, 2.45) is 0 Å². The molecule has 0 aliphatic heterocycles. The summed E-state index contributed by atoms with van der Waals surface area (Å²) in [6.45, 7) is 4.62. The third-order valence-electron chi connectivity index (χ3n) is 12.4. The largest absolute Gasteiger partial charge is 0.307 e. The Morgan fingerprint density at radius 2 is 0.915 bits per heavy atom. The van der Waals surface area contributed by atoms with Crippen molar-refractivity contribution in [1.82, 2.24) is 24.1 Å². The molecule has 0 saturated heterocycles.